The summed E-state index contributed by atoms with van der Waals surface area (Å²) in [7, 11) is 0. The standard InChI is InChI=1S/C14H19F3N2O.ClH/c1-11-8-18-5-6-19(11)9-12-3-2-4-13(7-12)20-10-14(15,16)17;/h2-4,7,11,18H,5-6,8-10H2,1H3;1H/t11-;/m0./s1. The first-order chi connectivity index (χ1) is 9.44. The van der Waals surface area contributed by atoms with Crippen LogP contribution in [0.3, 0.4) is 0 Å². The molecule has 0 aromatic heterocycles. The fraction of sp³-hybridized carbons (Fsp3) is 0.571. The van der Waals surface area contributed by atoms with E-state index < -0.39 is 12.8 Å². The number of alkyl halides is 3. The maximum absolute atomic E-state index is 12.1. The third-order valence-electron chi connectivity index (χ3n) is 3.33. The van der Waals surface area contributed by atoms with Crippen molar-refractivity contribution >= 4 is 12.4 Å². The van der Waals surface area contributed by atoms with Gasteiger partial charge in [-0.2, -0.15) is 13.2 Å². The highest BCUT2D eigenvalue weighted by Gasteiger charge is 2.28. The molecule has 1 N–H and O–H groups in total. The van der Waals surface area contributed by atoms with E-state index in [2.05, 4.69) is 17.1 Å². The van der Waals surface area contributed by atoms with Crippen LogP contribution < -0.4 is 10.1 Å². The Bertz CT molecular complexity index is 442. The zero-order valence-corrected chi connectivity index (χ0v) is 12.6. The van der Waals surface area contributed by atoms with Crippen LogP contribution >= 0.6 is 12.4 Å². The predicted molar refractivity (Wildman–Crippen MR) is 78.0 cm³/mol. The van der Waals surface area contributed by atoms with Crippen molar-refractivity contribution in [3.63, 3.8) is 0 Å². The van der Waals surface area contributed by atoms with Gasteiger partial charge in [0.25, 0.3) is 0 Å². The number of nitrogens with one attached hydrogen (secondary N) is 1. The van der Waals surface area contributed by atoms with Crippen LogP contribution in [0.5, 0.6) is 5.75 Å². The maximum atomic E-state index is 12.1. The summed E-state index contributed by atoms with van der Waals surface area (Å²) in [5.74, 6) is 0.266. The number of nitrogens with zero attached hydrogens (tertiary/aromatic N) is 1. The van der Waals surface area contributed by atoms with Crippen molar-refractivity contribution in [2.24, 2.45) is 0 Å². The number of benzene rings is 1. The molecule has 7 heteroatoms. The molecule has 1 aromatic carbocycles. The largest absolute Gasteiger partial charge is 0.484 e. The summed E-state index contributed by atoms with van der Waals surface area (Å²) in [4.78, 5) is 2.30. The Balaban J connectivity index is 0.00000220. The lowest BCUT2D eigenvalue weighted by Crippen LogP contribution is -2.49. The molecule has 0 aliphatic carbocycles. The molecule has 1 aliphatic rings. The lowest BCUT2D eigenvalue weighted by atomic mass is 10.1. The van der Waals surface area contributed by atoms with Gasteiger partial charge < -0.3 is 10.1 Å². The number of hydrogen-bond donors (Lipinski definition) is 1. The summed E-state index contributed by atoms with van der Waals surface area (Å²) < 4.78 is 41.1. The molecule has 1 fully saturated rings. The highest BCUT2D eigenvalue weighted by molar-refractivity contribution is 5.85. The van der Waals surface area contributed by atoms with Gasteiger partial charge in [0.15, 0.2) is 6.61 Å². The normalized spacial score (nSPS) is 19.9. The molecule has 0 spiro atoms. The van der Waals surface area contributed by atoms with E-state index in [-0.39, 0.29) is 18.2 Å². The smallest absolute Gasteiger partial charge is 0.422 e. The monoisotopic (exact) mass is 324 g/mol. The number of halogens is 4. The molecule has 1 heterocycles. The fourth-order valence-corrected chi connectivity index (χ4v) is 2.25. The first-order valence-electron chi connectivity index (χ1n) is 6.67. The van der Waals surface area contributed by atoms with Crippen LogP contribution in [0.2, 0.25) is 0 Å². The predicted octanol–water partition coefficient (Wildman–Crippen LogP) is 2.84. The summed E-state index contributed by atoms with van der Waals surface area (Å²) in [6, 6.07) is 7.29. The van der Waals surface area contributed by atoms with Crippen LogP contribution in [-0.2, 0) is 6.54 Å². The van der Waals surface area contributed by atoms with Gasteiger partial charge in [0, 0.05) is 32.2 Å². The fourth-order valence-electron chi connectivity index (χ4n) is 2.25. The van der Waals surface area contributed by atoms with Crippen molar-refractivity contribution in [2.45, 2.75) is 25.7 Å². The minimum atomic E-state index is -4.30. The maximum Gasteiger partial charge on any atom is 0.422 e. The van der Waals surface area contributed by atoms with Crippen molar-refractivity contribution in [3.8, 4) is 5.75 Å². The summed E-state index contributed by atoms with van der Waals surface area (Å²) in [6.07, 6.45) is -4.30. The van der Waals surface area contributed by atoms with E-state index in [4.69, 9.17) is 4.74 Å². The van der Waals surface area contributed by atoms with Gasteiger partial charge in [-0.3, -0.25) is 4.90 Å². The summed E-state index contributed by atoms with van der Waals surface area (Å²) in [5.41, 5.74) is 0.971. The highest BCUT2D eigenvalue weighted by atomic mass is 35.5. The average Bonchev–Trinajstić information content (AvgIpc) is 2.39. The molecule has 1 aromatic rings. The average molecular weight is 325 g/mol. The molecule has 0 saturated carbocycles. The van der Waals surface area contributed by atoms with Crippen molar-refractivity contribution in [3.05, 3.63) is 29.8 Å². The van der Waals surface area contributed by atoms with E-state index in [1.54, 1.807) is 18.2 Å². The van der Waals surface area contributed by atoms with E-state index in [1.165, 1.54) is 0 Å². The first-order valence-corrected chi connectivity index (χ1v) is 6.67. The van der Waals surface area contributed by atoms with Gasteiger partial charge in [-0.05, 0) is 24.6 Å². The van der Waals surface area contributed by atoms with Gasteiger partial charge >= 0.3 is 6.18 Å². The van der Waals surface area contributed by atoms with Crippen LogP contribution in [-0.4, -0.2) is 43.4 Å². The van der Waals surface area contributed by atoms with Crippen LogP contribution in [0, 0.1) is 0 Å². The van der Waals surface area contributed by atoms with Crippen molar-refractivity contribution in [1.82, 2.24) is 10.2 Å². The Morgan fingerprint density at radius 2 is 2.14 bits per heavy atom. The quantitative estimate of drug-likeness (QED) is 0.921. The summed E-state index contributed by atoms with van der Waals surface area (Å²) in [5, 5.41) is 3.31. The number of hydrogen-bond acceptors (Lipinski definition) is 3. The second-order valence-electron chi connectivity index (χ2n) is 5.07. The molecule has 3 nitrogen and oxygen atoms in total. The highest BCUT2D eigenvalue weighted by Crippen LogP contribution is 2.20. The second-order valence-corrected chi connectivity index (χ2v) is 5.07. The molecule has 1 aliphatic heterocycles. The van der Waals surface area contributed by atoms with Crippen molar-refractivity contribution < 1.29 is 17.9 Å². The van der Waals surface area contributed by atoms with E-state index in [0.717, 1.165) is 31.7 Å². The Morgan fingerprint density at radius 3 is 2.81 bits per heavy atom. The van der Waals surface area contributed by atoms with Gasteiger partial charge in [-0.25, -0.2) is 0 Å². The number of piperazine rings is 1. The molecule has 120 valence electrons. The molecule has 2 rings (SSSR count). The Labute approximate surface area is 128 Å². The van der Waals surface area contributed by atoms with E-state index >= 15 is 0 Å². The SMILES string of the molecule is C[C@H]1CNCCN1Cc1cccc(OCC(F)(F)F)c1.Cl. The molecule has 1 saturated heterocycles. The number of ether oxygens (including phenoxy) is 1. The van der Waals surface area contributed by atoms with E-state index in [0.29, 0.717) is 6.04 Å². The van der Waals surface area contributed by atoms with E-state index in [1.807, 2.05) is 6.07 Å². The molecule has 0 radical (unpaired) electrons. The molecular weight excluding hydrogens is 305 g/mol. The van der Waals surface area contributed by atoms with Crippen LogP contribution in [0.1, 0.15) is 12.5 Å². The molecule has 0 bridgehead atoms. The van der Waals surface area contributed by atoms with Crippen LogP contribution in [0.15, 0.2) is 24.3 Å². The third-order valence-corrected chi connectivity index (χ3v) is 3.33. The minimum absolute atomic E-state index is 0. The Morgan fingerprint density at radius 1 is 1.38 bits per heavy atom. The van der Waals surface area contributed by atoms with Gasteiger partial charge in [0.2, 0.25) is 0 Å². The molecule has 0 unspecified atom stereocenters. The van der Waals surface area contributed by atoms with Gasteiger partial charge in [0.05, 0.1) is 0 Å². The second kappa shape index (κ2) is 7.87. The van der Waals surface area contributed by atoms with Gasteiger partial charge in [-0.1, -0.05) is 12.1 Å². The third kappa shape index (κ3) is 6.11. The lowest BCUT2D eigenvalue weighted by Gasteiger charge is -2.33. The number of rotatable bonds is 4. The molecule has 0 amide bonds. The topological polar surface area (TPSA) is 24.5 Å². The zero-order valence-electron chi connectivity index (χ0n) is 11.8. The zero-order chi connectivity index (χ0) is 14.6. The lowest BCUT2D eigenvalue weighted by molar-refractivity contribution is -0.153. The minimum Gasteiger partial charge on any atom is -0.484 e. The van der Waals surface area contributed by atoms with Crippen LogP contribution in [0.4, 0.5) is 13.2 Å². The van der Waals surface area contributed by atoms with Crippen molar-refractivity contribution in [2.75, 3.05) is 26.2 Å². The molecule has 1 atom stereocenters. The van der Waals surface area contributed by atoms with Gasteiger partial charge in [0.1, 0.15) is 5.75 Å². The summed E-state index contributed by atoms with van der Waals surface area (Å²) >= 11 is 0. The van der Waals surface area contributed by atoms with Gasteiger partial charge in [-0.15, -0.1) is 12.4 Å². The van der Waals surface area contributed by atoms with E-state index in [9.17, 15) is 13.2 Å². The molecular formula is C14H20ClF3N2O. The van der Waals surface area contributed by atoms with Crippen LogP contribution in [0.25, 0.3) is 0 Å². The Kier molecular flexibility index (Phi) is 6.77. The summed E-state index contributed by atoms with van der Waals surface area (Å²) in [6.45, 7) is 4.43. The molecule has 21 heavy (non-hydrogen) atoms. The first kappa shape index (κ1) is 18.1. The Hall–Kier alpha value is -0.980. The van der Waals surface area contributed by atoms with Crippen molar-refractivity contribution in [1.29, 1.82) is 0 Å².